The monoisotopic (exact) mass is 377 g/mol. The second-order valence-corrected chi connectivity index (χ2v) is 7.66. The van der Waals surface area contributed by atoms with Crippen molar-refractivity contribution in [3.8, 4) is 0 Å². The Bertz CT molecular complexity index is 525. The lowest BCUT2D eigenvalue weighted by Crippen LogP contribution is -2.12. The summed E-state index contributed by atoms with van der Waals surface area (Å²) in [5.74, 6) is 0.530. The maximum Gasteiger partial charge on any atom is 0.149 e. The van der Waals surface area contributed by atoms with Crippen LogP contribution in [0.25, 0.3) is 0 Å². The van der Waals surface area contributed by atoms with E-state index >= 15 is 0 Å². The van der Waals surface area contributed by atoms with Crippen molar-refractivity contribution in [3.05, 3.63) is 29.6 Å². The number of Topliss-reactive ketones (excluding diaryl/α,β-unsaturated/α-hetero) is 1. The van der Waals surface area contributed by atoms with Gasteiger partial charge in [0.2, 0.25) is 0 Å². The second kappa shape index (κ2) is 14.6. The van der Waals surface area contributed by atoms with Crippen molar-refractivity contribution in [2.24, 2.45) is 5.92 Å². The Kier molecular flexibility index (Phi) is 12.8. The van der Waals surface area contributed by atoms with E-state index in [-0.39, 0.29) is 11.7 Å². The Morgan fingerprint density at radius 3 is 2.37 bits per heavy atom. The lowest BCUT2D eigenvalue weighted by molar-refractivity contribution is -0.123. The van der Waals surface area contributed by atoms with Crippen LogP contribution in [-0.2, 0) is 11.2 Å². The standard InChI is InChI=1S/C24H40FNO/c1-4-7-8-9-13-19-26-22-17-14-16-21(24(22)25)15-11-10-12-18-23(27)20(5-2)6-3/h14,16-17,20,26H,4-13,15,18-19H2,1-3H3. The zero-order valence-corrected chi connectivity index (χ0v) is 17.8. The second-order valence-electron chi connectivity index (χ2n) is 7.66. The van der Waals surface area contributed by atoms with Gasteiger partial charge in [-0.05, 0) is 50.2 Å². The molecule has 0 radical (unpaired) electrons. The number of hydrogen-bond donors (Lipinski definition) is 1. The molecule has 0 aliphatic rings. The van der Waals surface area contributed by atoms with E-state index in [1.165, 1.54) is 25.7 Å². The molecular formula is C24H40FNO. The molecular weight excluding hydrogens is 337 g/mol. The van der Waals surface area contributed by atoms with Crippen molar-refractivity contribution in [3.63, 3.8) is 0 Å². The van der Waals surface area contributed by atoms with Gasteiger partial charge < -0.3 is 5.32 Å². The van der Waals surface area contributed by atoms with Crippen LogP contribution in [0, 0.1) is 11.7 Å². The number of carbonyl (C=O) groups excluding carboxylic acids is 1. The maximum absolute atomic E-state index is 14.6. The van der Waals surface area contributed by atoms with Crippen LogP contribution in [0.2, 0.25) is 0 Å². The fraction of sp³-hybridized carbons (Fsp3) is 0.708. The molecule has 0 bridgehead atoms. The Morgan fingerprint density at radius 2 is 1.67 bits per heavy atom. The van der Waals surface area contributed by atoms with Crippen LogP contribution in [-0.4, -0.2) is 12.3 Å². The van der Waals surface area contributed by atoms with Crippen molar-refractivity contribution in [1.82, 2.24) is 0 Å². The Labute approximate surface area is 166 Å². The van der Waals surface area contributed by atoms with Crippen molar-refractivity contribution in [2.75, 3.05) is 11.9 Å². The number of aryl methyl sites for hydroxylation is 1. The number of unbranched alkanes of at least 4 members (excludes halogenated alkanes) is 6. The van der Waals surface area contributed by atoms with Gasteiger partial charge in [0, 0.05) is 18.9 Å². The predicted molar refractivity (Wildman–Crippen MR) is 115 cm³/mol. The molecule has 1 rings (SSSR count). The van der Waals surface area contributed by atoms with Gasteiger partial charge in [-0.15, -0.1) is 0 Å². The van der Waals surface area contributed by atoms with E-state index in [9.17, 15) is 9.18 Å². The largest absolute Gasteiger partial charge is 0.383 e. The third-order valence-electron chi connectivity index (χ3n) is 5.48. The Morgan fingerprint density at radius 1 is 0.963 bits per heavy atom. The molecule has 1 N–H and O–H groups in total. The normalized spacial score (nSPS) is 11.1. The third kappa shape index (κ3) is 9.39. The van der Waals surface area contributed by atoms with Gasteiger partial charge in [0.15, 0.2) is 0 Å². The van der Waals surface area contributed by atoms with E-state index in [4.69, 9.17) is 0 Å². The van der Waals surface area contributed by atoms with Crippen LogP contribution in [0.5, 0.6) is 0 Å². The summed E-state index contributed by atoms with van der Waals surface area (Å²) in [5, 5.41) is 3.25. The van der Waals surface area contributed by atoms with Gasteiger partial charge in [-0.3, -0.25) is 4.79 Å². The summed E-state index contributed by atoms with van der Waals surface area (Å²) < 4.78 is 14.6. The molecule has 0 aliphatic heterocycles. The van der Waals surface area contributed by atoms with E-state index < -0.39 is 0 Å². The molecule has 3 heteroatoms. The van der Waals surface area contributed by atoms with Crippen molar-refractivity contribution < 1.29 is 9.18 Å². The lowest BCUT2D eigenvalue weighted by atomic mass is 9.94. The number of hydrogen-bond acceptors (Lipinski definition) is 2. The summed E-state index contributed by atoms with van der Waals surface area (Å²) in [6.45, 7) is 7.22. The first kappa shape index (κ1) is 23.7. The summed E-state index contributed by atoms with van der Waals surface area (Å²) >= 11 is 0. The minimum absolute atomic E-state index is 0.0980. The number of rotatable bonds is 16. The van der Waals surface area contributed by atoms with Gasteiger partial charge in [0.25, 0.3) is 0 Å². The Hall–Kier alpha value is -1.38. The molecule has 0 fully saturated rings. The topological polar surface area (TPSA) is 29.1 Å². The van der Waals surface area contributed by atoms with Crippen molar-refractivity contribution in [1.29, 1.82) is 0 Å². The molecule has 1 aromatic rings. The summed E-state index contributed by atoms with van der Waals surface area (Å²) in [6.07, 6.45) is 12.2. The van der Waals surface area contributed by atoms with Crippen LogP contribution >= 0.6 is 0 Å². The molecule has 0 saturated carbocycles. The van der Waals surface area contributed by atoms with Gasteiger partial charge in [-0.2, -0.15) is 0 Å². The van der Waals surface area contributed by atoms with E-state index in [0.717, 1.165) is 57.1 Å². The van der Waals surface area contributed by atoms with Crippen molar-refractivity contribution in [2.45, 2.75) is 97.8 Å². The highest BCUT2D eigenvalue weighted by molar-refractivity contribution is 5.80. The van der Waals surface area contributed by atoms with E-state index in [0.29, 0.717) is 17.9 Å². The van der Waals surface area contributed by atoms with E-state index in [2.05, 4.69) is 26.1 Å². The first-order chi connectivity index (χ1) is 13.1. The highest BCUT2D eigenvalue weighted by atomic mass is 19.1. The first-order valence-electron chi connectivity index (χ1n) is 11.2. The minimum Gasteiger partial charge on any atom is -0.383 e. The average molecular weight is 378 g/mol. The fourth-order valence-electron chi connectivity index (χ4n) is 3.60. The quantitative estimate of drug-likeness (QED) is 0.306. The predicted octanol–water partition coefficient (Wildman–Crippen LogP) is 7.32. The molecule has 0 unspecified atom stereocenters. The van der Waals surface area contributed by atoms with Crippen molar-refractivity contribution >= 4 is 11.5 Å². The summed E-state index contributed by atoms with van der Waals surface area (Å²) in [4.78, 5) is 12.1. The zero-order chi connectivity index (χ0) is 19.9. The van der Waals surface area contributed by atoms with Gasteiger partial charge in [-0.25, -0.2) is 4.39 Å². The smallest absolute Gasteiger partial charge is 0.149 e. The molecule has 0 amide bonds. The molecule has 1 aromatic carbocycles. The average Bonchev–Trinajstić information content (AvgIpc) is 2.67. The number of benzene rings is 1. The Balaban J connectivity index is 2.30. The minimum atomic E-state index is -0.0980. The van der Waals surface area contributed by atoms with Gasteiger partial charge >= 0.3 is 0 Å². The number of nitrogens with one attached hydrogen (secondary N) is 1. The zero-order valence-electron chi connectivity index (χ0n) is 17.8. The first-order valence-corrected chi connectivity index (χ1v) is 11.2. The van der Waals surface area contributed by atoms with Gasteiger partial charge in [-0.1, -0.05) is 65.0 Å². The molecule has 27 heavy (non-hydrogen) atoms. The number of carbonyl (C=O) groups is 1. The molecule has 2 nitrogen and oxygen atoms in total. The summed E-state index contributed by atoms with van der Waals surface area (Å²) in [6, 6.07) is 5.66. The number of anilines is 1. The summed E-state index contributed by atoms with van der Waals surface area (Å²) in [7, 11) is 0. The number of ketones is 1. The molecule has 0 saturated heterocycles. The third-order valence-corrected chi connectivity index (χ3v) is 5.48. The molecule has 0 aliphatic carbocycles. The van der Waals surface area contributed by atoms with Crippen LogP contribution < -0.4 is 5.32 Å². The van der Waals surface area contributed by atoms with E-state index in [1.54, 1.807) is 0 Å². The molecule has 0 spiro atoms. The van der Waals surface area contributed by atoms with Gasteiger partial charge in [0.05, 0.1) is 5.69 Å². The highest BCUT2D eigenvalue weighted by Gasteiger charge is 2.13. The van der Waals surface area contributed by atoms with Crippen LogP contribution in [0.1, 0.15) is 97.0 Å². The van der Waals surface area contributed by atoms with Crippen LogP contribution in [0.4, 0.5) is 10.1 Å². The van der Waals surface area contributed by atoms with E-state index in [1.807, 2.05) is 18.2 Å². The fourth-order valence-corrected chi connectivity index (χ4v) is 3.60. The molecule has 0 aromatic heterocycles. The number of halogens is 1. The molecule has 0 heterocycles. The molecule has 154 valence electrons. The van der Waals surface area contributed by atoms with Crippen LogP contribution in [0.15, 0.2) is 18.2 Å². The maximum atomic E-state index is 14.6. The SMILES string of the molecule is CCCCCCCNc1cccc(CCCCCC(=O)C(CC)CC)c1F. The highest BCUT2D eigenvalue weighted by Crippen LogP contribution is 2.21. The lowest BCUT2D eigenvalue weighted by Gasteiger charge is -2.12. The summed E-state index contributed by atoms with van der Waals surface area (Å²) in [5.41, 5.74) is 1.42. The van der Waals surface area contributed by atoms with Gasteiger partial charge in [0.1, 0.15) is 11.6 Å². The van der Waals surface area contributed by atoms with Crippen LogP contribution in [0.3, 0.4) is 0 Å². The molecule has 0 atom stereocenters.